The van der Waals surface area contributed by atoms with Crippen LogP contribution in [0.15, 0.2) is 90.6 Å². The fourth-order valence-electron chi connectivity index (χ4n) is 2.73. The fourth-order valence-corrected chi connectivity index (χ4v) is 2.73. The second kappa shape index (κ2) is 8.68. The van der Waals surface area contributed by atoms with Gasteiger partial charge in [-0.3, -0.25) is 0 Å². The summed E-state index contributed by atoms with van der Waals surface area (Å²) in [6.07, 6.45) is 6.75. The Hall–Kier alpha value is -3.86. The zero-order valence-electron chi connectivity index (χ0n) is 15.2. The van der Waals surface area contributed by atoms with Gasteiger partial charge < -0.3 is 14.3 Å². The van der Waals surface area contributed by atoms with Crippen molar-refractivity contribution in [2.24, 2.45) is 0 Å². The van der Waals surface area contributed by atoms with Crippen LogP contribution in [0.3, 0.4) is 0 Å². The second-order valence-electron chi connectivity index (χ2n) is 5.86. The maximum Gasteiger partial charge on any atom is 0.341 e. The minimum Gasteiger partial charge on any atom is -0.482 e. The van der Waals surface area contributed by atoms with Gasteiger partial charge in [0.05, 0.1) is 0 Å². The van der Waals surface area contributed by atoms with Gasteiger partial charge in [0, 0.05) is 11.1 Å². The minimum absolute atomic E-state index is 0.395. The van der Waals surface area contributed by atoms with Crippen LogP contribution in [0.1, 0.15) is 5.69 Å². The van der Waals surface area contributed by atoms with Crippen LogP contribution in [0, 0.1) is 0 Å². The number of benzene rings is 2. The van der Waals surface area contributed by atoms with E-state index in [-0.39, 0.29) is 0 Å². The molecule has 140 valence electrons. The number of allylic oxidation sites excluding steroid dienone is 4. The molecule has 0 saturated carbocycles. The van der Waals surface area contributed by atoms with Crippen LogP contribution in [0.4, 0.5) is 0 Å². The van der Waals surface area contributed by atoms with Crippen LogP contribution in [0.2, 0.25) is 0 Å². The lowest BCUT2D eigenvalue weighted by Gasteiger charge is -2.09. The lowest BCUT2D eigenvalue weighted by molar-refractivity contribution is -0.139. The van der Waals surface area contributed by atoms with Crippen LogP contribution >= 0.6 is 0 Å². The van der Waals surface area contributed by atoms with Crippen LogP contribution in [-0.2, 0) is 4.79 Å². The summed E-state index contributed by atoms with van der Waals surface area (Å²) in [7, 11) is 0. The zero-order chi connectivity index (χ0) is 19.9. The van der Waals surface area contributed by atoms with Crippen LogP contribution < -0.4 is 4.74 Å². The molecule has 1 aromatic heterocycles. The molecule has 3 aromatic rings. The van der Waals surface area contributed by atoms with E-state index < -0.39 is 12.6 Å². The topological polar surface area (TPSA) is 72.6 Å². The van der Waals surface area contributed by atoms with Crippen molar-refractivity contribution in [3.05, 3.63) is 91.9 Å². The summed E-state index contributed by atoms with van der Waals surface area (Å²) in [4.78, 5) is 15.3. The predicted molar refractivity (Wildman–Crippen MR) is 109 cm³/mol. The van der Waals surface area contributed by atoms with Gasteiger partial charge in [0.15, 0.2) is 6.61 Å². The first-order valence-corrected chi connectivity index (χ1v) is 8.58. The van der Waals surface area contributed by atoms with Crippen LogP contribution in [0.25, 0.3) is 28.2 Å². The number of rotatable bonds is 8. The average molecular weight is 373 g/mol. The van der Waals surface area contributed by atoms with E-state index in [4.69, 9.17) is 14.3 Å². The van der Waals surface area contributed by atoms with Gasteiger partial charge in [0.25, 0.3) is 0 Å². The molecular formula is C23H19NO4. The summed E-state index contributed by atoms with van der Waals surface area (Å²) < 4.78 is 11.0. The monoisotopic (exact) mass is 373 g/mol. The maximum absolute atomic E-state index is 10.7. The van der Waals surface area contributed by atoms with Gasteiger partial charge in [-0.05, 0) is 29.3 Å². The number of aliphatic carboxylic acids is 1. The summed E-state index contributed by atoms with van der Waals surface area (Å²) in [5.41, 5.74) is 4.05. The van der Waals surface area contributed by atoms with Crippen molar-refractivity contribution in [2.45, 2.75) is 0 Å². The molecule has 0 aliphatic carbocycles. The number of carboxylic acid groups (broad SMARTS) is 1. The standard InChI is InChI=1S/C23H19NO4/c1-3-8-16(4-2)21-14-28-23(24-21)20-12-6-5-11-19(20)17-9-7-10-18(13-17)27-15-22(25)26/h3-14H,1-2,15H2,(H,25,26)/b16-8+. The second-order valence-corrected chi connectivity index (χ2v) is 5.86. The molecule has 0 spiro atoms. The highest BCUT2D eigenvalue weighted by atomic mass is 16.5. The molecule has 0 bridgehead atoms. The van der Waals surface area contributed by atoms with Gasteiger partial charge in [0.1, 0.15) is 17.7 Å². The predicted octanol–water partition coefficient (Wildman–Crippen LogP) is 5.23. The molecule has 0 unspecified atom stereocenters. The highest BCUT2D eigenvalue weighted by Gasteiger charge is 2.14. The van der Waals surface area contributed by atoms with Crippen molar-refractivity contribution >= 4 is 11.5 Å². The Kier molecular flexibility index (Phi) is 5.87. The number of carboxylic acids is 1. The van der Waals surface area contributed by atoms with Gasteiger partial charge in [-0.25, -0.2) is 9.78 Å². The summed E-state index contributed by atoms with van der Waals surface area (Å²) in [6.45, 7) is 7.09. The number of nitrogens with zero attached hydrogens (tertiary/aromatic N) is 1. The molecule has 0 atom stereocenters. The SMILES string of the molecule is C=C/C=C(\C=C)c1coc(-c2ccccc2-c2cccc(OCC(=O)O)c2)n1. The minimum atomic E-state index is -1.02. The Morgan fingerprint density at radius 3 is 2.64 bits per heavy atom. The van der Waals surface area contributed by atoms with E-state index in [1.807, 2.05) is 42.5 Å². The maximum atomic E-state index is 10.7. The van der Waals surface area contributed by atoms with Gasteiger partial charge in [0.2, 0.25) is 5.89 Å². The molecule has 5 heteroatoms. The number of oxazole rings is 1. The molecule has 5 nitrogen and oxygen atoms in total. The Morgan fingerprint density at radius 2 is 1.93 bits per heavy atom. The molecule has 0 radical (unpaired) electrons. The van der Waals surface area contributed by atoms with Crippen LogP contribution in [0.5, 0.6) is 5.75 Å². The number of hydrogen-bond acceptors (Lipinski definition) is 4. The van der Waals surface area contributed by atoms with E-state index in [1.54, 1.807) is 30.5 Å². The number of ether oxygens (including phenoxy) is 1. The van der Waals surface area contributed by atoms with E-state index >= 15 is 0 Å². The largest absolute Gasteiger partial charge is 0.482 e. The van der Waals surface area contributed by atoms with Crippen molar-refractivity contribution in [1.82, 2.24) is 4.98 Å². The summed E-state index contributed by atoms with van der Waals surface area (Å²) >= 11 is 0. The first-order chi connectivity index (χ1) is 13.6. The third kappa shape index (κ3) is 4.27. The fraction of sp³-hybridized carbons (Fsp3) is 0.0435. The van der Waals surface area contributed by atoms with Crippen molar-refractivity contribution in [2.75, 3.05) is 6.61 Å². The number of carbonyl (C=O) groups is 1. The first kappa shape index (κ1) is 18.9. The van der Waals surface area contributed by atoms with Crippen LogP contribution in [-0.4, -0.2) is 22.7 Å². The summed E-state index contributed by atoms with van der Waals surface area (Å²) in [6, 6.07) is 14.9. The normalized spacial score (nSPS) is 11.1. The Bertz CT molecular complexity index is 1050. The lowest BCUT2D eigenvalue weighted by Crippen LogP contribution is -2.09. The lowest BCUT2D eigenvalue weighted by atomic mass is 9.99. The van der Waals surface area contributed by atoms with Gasteiger partial charge in [-0.15, -0.1) is 0 Å². The molecule has 0 aliphatic rings. The molecule has 1 N–H and O–H groups in total. The first-order valence-electron chi connectivity index (χ1n) is 8.58. The van der Waals surface area contributed by atoms with Crippen molar-refractivity contribution in [3.63, 3.8) is 0 Å². The summed E-state index contributed by atoms with van der Waals surface area (Å²) in [5, 5.41) is 8.80. The molecule has 1 heterocycles. The average Bonchev–Trinajstić information content (AvgIpc) is 3.20. The van der Waals surface area contributed by atoms with Crippen molar-refractivity contribution < 1.29 is 19.1 Å². The molecule has 2 aromatic carbocycles. The van der Waals surface area contributed by atoms with Crippen molar-refractivity contribution in [1.29, 1.82) is 0 Å². The molecular weight excluding hydrogens is 354 g/mol. The molecule has 0 amide bonds. The molecule has 0 aliphatic heterocycles. The van der Waals surface area contributed by atoms with Crippen molar-refractivity contribution in [3.8, 4) is 28.3 Å². The van der Waals surface area contributed by atoms with Gasteiger partial charge >= 0.3 is 5.97 Å². The quantitative estimate of drug-likeness (QED) is 0.548. The molecule has 0 fully saturated rings. The van der Waals surface area contributed by atoms with Gasteiger partial charge in [-0.1, -0.05) is 61.7 Å². The third-order valence-corrected chi connectivity index (χ3v) is 3.98. The van der Waals surface area contributed by atoms with E-state index in [2.05, 4.69) is 18.1 Å². The molecule has 0 saturated heterocycles. The molecule has 28 heavy (non-hydrogen) atoms. The Morgan fingerprint density at radius 1 is 1.14 bits per heavy atom. The molecule has 3 rings (SSSR count). The third-order valence-electron chi connectivity index (χ3n) is 3.98. The highest BCUT2D eigenvalue weighted by Crippen LogP contribution is 2.34. The smallest absolute Gasteiger partial charge is 0.341 e. The summed E-state index contributed by atoms with van der Waals surface area (Å²) in [5.74, 6) is -0.0753. The van der Waals surface area contributed by atoms with E-state index in [0.717, 1.165) is 22.3 Å². The van der Waals surface area contributed by atoms with E-state index in [0.29, 0.717) is 17.3 Å². The number of hydrogen-bond donors (Lipinski definition) is 1. The Balaban J connectivity index is 1.99. The zero-order valence-corrected chi connectivity index (χ0v) is 15.2. The highest BCUT2D eigenvalue weighted by molar-refractivity contribution is 5.81. The Labute approximate surface area is 162 Å². The van der Waals surface area contributed by atoms with E-state index in [9.17, 15) is 4.79 Å². The van der Waals surface area contributed by atoms with Gasteiger partial charge in [-0.2, -0.15) is 0 Å². The number of aromatic nitrogens is 1. The van der Waals surface area contributed by atoms with E-state index in [1.165, 1.54) is 0 Å².